The van der Waals surface area contributed by atoms with Crippen LogP contribution >= 0.6 is 11.6 Å². The van der Waals surface area contributed by atoms with Crippen LogP contribution in [-0.4, -0.2) is 36.3 Å². The minimum absolute atomic E-state index is 0.586. The van der Waals surface area contributed by atoms with Gasteiger partial charge >= 0.3 is 0 Å². The number of likely N-dealkylation sites (N-methyl/N-ethyl adjacent to an activating group) is 1. The van der Waals surface area contributed by atoms with Crippen LogP contribution in [0.25, 0.3) is 0 Å². The highest BCUT2D eigenvalue weighted by atomic mass is 35.5. The summed E-state index contributed by atoms with van der Waals surface area (Å²) in [5, 5.41) is 10.4. The first-order valence-electron chi connectivity index (χ1n) is 5.55. The molecule has 0 radical (unpaired) electrons. The molecule has 0 unspecified atom stereocenters. The summed E-state index contributed by atoms with van der Waals surface area (Å²) in [7, 11) is 3.60. The van der Waals surface area contributed by atoms with Gasteiger partial charge in [0.05, 0.1) is 12.7 Å². The summed E-state index contributed by atoms with van der Waals surface area (Å²) < 4.78 is 5.28. The van der Waals surface area contributed by atoms with Gasteiger partial charge in [-0.2, -0.15) is 0 Å². The van der Waals surface area contributed by atoms with Crippen molar-refractivity contribution in [2.75, 3.05) is 20.7 Å². The zero-order valence-electron chi connectivity index (χ0n) is 10.8. The van der Waals surface area contributed by atoms with E-state index in [9.17, 15) is 5.11 Å². The Morgan fingerprint density at radius 2 is 2.06 bits per heavy atom. The van der Waals surface area contributed by atoms with Crippen molar-refractivity contribution in [1.82, 2.24) is 4.90 Å². The topological polar surface area (TPSA) is 32.7 Å². The van der Waals surface area contributed by atoms with E-state index in [1.807, 2.05) is 24.1 Å². The Balaban J connectivity index is 2.76. The molecule has 0 spiro atoms. The van der Waals surface area contributed by atoms with Gasteiger partial charge in [-0.3, -0.25) is 4.90 Å². The first kappa shape index (κ1) is 14.3. The third kappa shape index (κ3) is 4.94. The van der Waals surface area contributed by atoms with Gasteiger partial charge in [0.2, 0.25) is 0 Å². The zero-order valence-corrected chi connectivity index (χ0v) is 11.6. The molecule has 0 fully saturated rings. The molecule has 1 rings (SSSR count). The Morgan fingerprint density at radius 3 is 2.59 bits per heavy atom. The molecule has 0 heterocycles. The minimum atomic E-state index is -0.708. The van der Waals surface area contributed by atoms with Crippen LogP contribution in [0.5, 0.6) is 5.75 Å². The summed E-state index contributed by atoms with van der Waals surface area (Å²) >= 11 is 5.97. The van der Waals surface area contributed by atoms with Crippen LogP contribution in [0.4, 0.5) is 0 Å². The second-order valence-electron chi connectivity index (χ2n) is 4.94. The average molecular weight is 258 g/mol. The number of ether oxygens (including phenoxy) is 1. The monoisotopic (exact) mass is 257 g/mol. The van der Waals surface area contributed by atoms with Gasteiger partial charge in [-0.25, -0.2) is 0 Å². The van der Waals surface area contributed by atoms with Crippen LogP contribution in [0, 0.1) is 0 Å². The van der Waals surface area contributed by atoms with Crippen LogP contribution in [0.3, 0.4) is 0 Å². The van der Waals surface area contributed by atoms with Gasteiger partial charge in [-0.15, -0.1) is 0 Å². The molecule has 0 aromatic heterocycles. The lowest BCUT2D eigenvalue weighted by Crippen LogP contribution is -2.35. The van der Waals surface area contributed by atoms with E-state index in [1.165, 1.54) is 0 Å². The van der Waals surface area contributed by atoms with Crippen molar-refractivity contribution in [3.8, 4) is 5.75 Å². The number of halogens is 1. The smallest absolute Gasteiger partial charge is 0.123 e. The molecule has 0 amide bonds. The Bertz CT molecular complexity index is 374. The van der Waals surface area contributed by atoms with Crippen molar-refractivity contribution in [1.29, 1.82) is 0 Å². The summed E-state index contributed by atoms with van der Waals surface area (Å²) in [4.78, 5) is 2.04. The maximum atomic E-state index is 9.75. The van der Waals surface area contributed by atoms with E-state index in [2.05, 4.69) is 0 Å². The third-order valence-corrected chi connectivity index (χ3v) is 2.57. The molecular formula is C13H20ClNO2. The highest BCUT2D eigenvalue weighted by Crippen LogP contribution is 2.24. The Labute approximate surface area is 108 Å². The largest absolute Gasteiger partial charge is 0.496 e. The fourth-order valence-electron chi connectivity index (χ4n) is 1.88. The number of nitrogens with zero attached hydrogens (tertiary/aromatic N) is 1. The predicted molar refractivity (Wildman–Crippen MR) is 70.6 cm³/mol. The lowest BCUT2D eigenvalue weighted by atomic mass is 10.1. The average Bonchev–Trinajstić information content (AvgIpc) is 2.14. The van der Waals surface area contributed by atoms with Crippen LogP contribution in [0.15, 0.2) is 18.2 Å². The molecule has 0 aliphatic heterocycles. The molecule has 1 N–H and O–H groups in total. The summed E-state index contributed by atoms with van der Waals surface area (Å²) in [5.74, 6) is 0.817. The van der Waals surface area contributed by atoms with E-state index in [-0.39, 0.29) is 0 Å². The van der Waals surface area contributed by atoms with Gasteiger partial charge in [-0.05, 0) is 39.1 Å². The Kier molecular flexibility index (Phi) is 4.80. The fraction of sp³-hybridized carbons (Fsp3) is 0.538. The molecule has 0 aliphatic rings. The summed E-state index contributed by atoms with van der Waals surface area (Å²) in [6.45, 7) is 4.85. The maximum absolute atomic E-state index is 9.75. The number of benzene rings is 1. The van der Waals surface area contributed by atoms with Crippen LogP contribution < -0.4 is 4.74 Å². The van der Waals surface area contributed by atoms with Gasteiger partial charge in [0.15, 0.2) is 0 Å². The number of hydrogen-bond acceptors (Lipinski definition) is 3. The number of hydrogen-bond donors (Lipinski definition) is 1. The number of methoxy groups -OCH3 is 1. The molecule has 1 aromatic carbocycles. The van der Waals surface area contributed by atoms with Crippen LogP contribution in [-0.2, 0) is 6.54 Å². The molecule has 0 bridgehead atoms. The van der Waals surface area contributed by atoms with E-state index < -0.39 is 5.60 Å². The SMILES string of the molecule is COc1ccc(Cl)cc1CN(C)CC(C)(C)O. The van der Waals surface area contributed by atoms with Crippen molar-refractivity contribution in [2.45, 2.75) is 26.0 Å². The van der Waals surface area contributed by atoms with Gasteiger partial charge < -0.3 is 9.84 Å². The van der Waals surface area contributed by atoms with E-state index >= 15 is 0 Å². The highest BCUT2D eigenvalue weighted by Gasteiger charge is 2.16. The molecule has 0 atom stereocenters. The van der Waals surface area contributed by atoms with E-state index in [1.54, 1.807) is 27.0 Å². The molecule has 0 saturated heterocycles. The van der Waals surface area contributed by atoms with E-state index in [4.69, 9.17) is 16.3 Å². The van der Waals surface area contributed by atoms with Crippen molar-refractivity contribution in [3.05, 3.63) is 28.8 Å². The second-order valence-corrected chi connectivity index (χ2v) is 5.38. The second kappa shape index (κ2) is 5.71. The fourth-order valence-corrected chi connectivity index (χ4v) is 2.07. The van der Waals surface area contributed by atoms with Gasteiger partial charge in [0.25, 0.3) is 0 Å². The predicted octanol–water partition coefficient (Wildman–Crippen LogP) is 2.55. The van der Waals surface area contributed by atoms with Crippen LogP contribution in [0.2, 0.25) is 5.02 Å². The molecule has 3 nitrogen and oxygen atoms in total. The van der Waals surface area contributed by atoms with E-state index in [0.717, 1.165) is 11.3 Å². The molecule has 4 heteroatoms. The molecule has 0 saturated carbocycles. The standard InChI is InChI=1S/C13H20ClNO2/c1-13(2,16)9-15(3)8-10-7-11(14)5-6-12(10)17-4/h5-7,16H,8-9H2,1-4H3. The number of rotatable bonds is 5. The number of aliphatic hydroxyl groups is 1. The summed E-state index contributed by atoms with van der Waals surface area (Å²) in [6.07, 6.45) is 0. The first-order valence-corrected chi connectivity index (χ1v) is 5.93. The Hall–Kier alpha value is -0.770. The van der Waals surface area contributed by atoms with Crippen molar-refractivity contribution in [3.63, 3.8) is 0 Å². The molecule has 0 aliphatic carbocycles. The minimum Gasteiger partial charge on any atom is -0.496 e. The maximum Gasteiger partial charge on any atom is 0.123 e. The van der Waals surface area contributed by atoms with Gasteiger partial charge in [0.1, 0.15) is 5.75 Å². The molecular weight excluding hydrogens is 238 g/mol. The van der Waals surface area contributed by atoms with Crippen molar-refractivity contribution < 1.29 is 9.84 Å². The van der Waals surface area contributed by atoms with Crippen LogP contribution in [0.1, 0.15) is 19.4 Å². The molecule has 96 valence electrons. The molecule has 17 heavy (non-hydrogen) atoms. The zero-order chi connectivity index (χ0) is 13.1. The van der Waals surface area contributed by atoms with E-state index in [0.29, 0.717) is 18.1 Å². The van der Waals surface area contributed by atoms with Crippen molar-refractivity contribution in [2.24, 2.45) is 0 Å². The summed E-state index contributed by atoms with van der Waals surface area (Å²) in [5.41, 5.74) is 0.312. The highest BCUT2D eigenvalue weighted by molar-refractivity contribution is 6.30. The third-order valence-electron chi connectivity index (χ3n) is 2.34. The molecule has 1 aromatic rings. The lowest BCUT2D eigenvalue weighted by Gasteiger charge is -2.26. The lowest BCUT2D eigenvalue weighted by molar-refractivity contribution is 0.0423. The van der Waals surface area contributed by atoms with Gasteiger partial charge in [-0.1, -0.05) is 11.6 Å². The van der Waals surface area contributed by atoms with Gasteiger partial charge in [0, 0.05) is 23.7 Å². The quantitative estimate of drug-likeness (QED) is 0.880. The summed E-state index contributed by atoms with van der Waals surface area (Å²) in [6, 6.07) is 5.55. The first-order chi connectivity index (χ1) is 7.81. The Morgan fingerprint density at radius 1 is 1.41 bits per heavy atom. The normalized spacial score (nSPS) is 11.9. The van der Waals surface area contributed by atoms with Crippen molar-refractivity contribution >= 4 is 11.6 Å².